The van der Waals surface area contributed by atoms with E-state index in [1.54, 1.807) is 13.8 Å². The Balaban J connectivity index is 4.98. The van der Waals surface area contributed by atoms with Crippen LogP contribution in [0.2, 0.25) is 0 Å². The zero-order chi connectivity index (χ0) is 10.2. The molecule has 0 rings (SSSR count). The van der Waals surface area contributed by atoms with Crippen molar-refractivity contribution < 1.29 is 18.8 Å². The smallest absolute Gasteiger partial charge is 0.333 e. The van der Waals surface area contributed by atoms with E-state index in [4.69, 9.17) is 14.2 Å². The fourth-order valence-corrected chi connectivity index (χ4v) is 2.08. The van der Waals surface area contributed by atoms with Gasteiger partial charge >= 0.3 is 7.60 Å². The molecule has 0 fully saturated rings. The lowest BCUT2D eigenvalue weighted by Crippen LogP contribution is -2.46. The molecule has 0 aromatic carbocycles. The molecule has 12 heavy (non-hydrogen) atoms. The van der Waals surface area contributed by atoms with Gasteiger partial charge in [-0.1, -0.05) is 0 Å². The Kier molecular flexibility index (Phi) is 3.32. The minimum absolute atomic E-state index is 0.469. The van der Waals surface area contributed by atoms with Gasteiger partial charge in [0, 0.05) is 0 Å². The fourth-order valence-electron chi connectivity index (χ4n) is 0.601. The second-order valence-corrected chi connectivity index (χ2v) is 6.43. The molecule has 0 aromatic rings. The maximum Gasteiger partial charge on any atom is 0.333 e. The summed E-state index contributed by atoms with van der Waals surface area (Å²) in [6.45, 7) is 6.43. The minimum atomic E-state index is -4.11. The number of hydrogen-bond donors (Lipinski definition) is 2. The second kappa shape index (κ2) is 3.23. The monoisotopic (exact) mass is 212 g/mol. The quantitative estimate of drug-likeness (QED) is 0.511. The standard InChI is InChI=1S/C6H17O4PSi/c1-5(2,10-12)6(3,4)11(7,8)9/h1-4,12H3,(H2,7,8,9). The van der Waals surface area contributed by atoms with Gasteiger partial charge in [0.05, 0.1) is 10.8 Å². The molecule has 0 amide bonds. The normalized spacial score (nSPS) is 15.2. The van der Waals surface area contributed by atoms with Crippen LogP contribution >= 0.6 is 7.60 Å². The molecule has 0 spiro atoms. The molecule has 0 saturated carbocycles. The van der Waals surface area contributed by atoms with Gasteiger partial charge in [0.15, 0.2) is 0 Å². The van der Waals surface area contributed by atoms with Crippen molar-refractivity contribution in [1.29, 1.82) is 0 Å². The van der Waals surface area contributed by atoms with Crippen molar-refractivity contribution in [3.63, 3.8) is 0 Å². The van der Waals surface area contributed by atoms with Crippen LogP contribution in [0.5, 0.6) is 0 Å². The molecule has 0 saturated heterocycles. The van der Waals surface area contributed by atoms with Crippen molar-refractivity contribution in [2.75, 3.05) is 0 Å². The Bertz CT molecular complexity index is 208. The highest BCUT2D eigenvalue weighted by Gasteiger charge is 2.49. The minimum Gasteiger partial charge on any atom is -0.422 e. The summed E-state index contributed by atoms with van der Waals surface area (Å²) in [6.07, 6.45) is 0. The van der Waals surface area contributed by atoms with E-state index in [0.29, 0.717) is 10.5 Å². The van der Waals surface area contributed by atoms with Crippen LogP contribution < -0.4 is 0 Å². The van der Waals surface area contributed by atoms with Gasteiger partial charge in [-0.05, 0) is 27.7 Å². The molecular formula is C6H17O4PSi. The Morgan fingerprint density at radius 2 is 1.58 bits per heavy atom. The predicted octanol–water partition coefficient (Wildman–Crippen LogP) is 0.0183. The van der Waals surface area contributed by atoms with Crippen LogP contribution in [0, 0.1) is 0 Å². The van der Waals surface area contributed by atoms with E-state index in [9.17, 15) is 4.57 Å². The van der Waals surface area contributed by atoms with Crippen molar-refractivity contribution in [3.05, 3.63) is 0 Å². The van der Waals surface area contributed by atoms with Crippen molar-refractivity contribution in [2.45, 2.75) is 38.5 Å². The Labute approximate surface area is 76.0 Å². The van der Waals surface area contributed by atoms with Crippen LogP contribution in [0.3, 0.4) is 0 Å². The second-order valence-electron chi connectivity index (χ2n) is 3.82. The molecule has 2 N–H and O–H groups in total. The first-order valence-electron chi connectivity index (χ1n) is 3.67. The Hall–Kier alpha value is 0.327. The summed E-state index contributed by atoms with van der Waals surface area (Å²) in [5.74, 6) is 0. The van der Waals surface area contributed by atoms with Gasteiger partial charge in [-0.2, -0.15) is 0 Å². The first-order chi connectivity index (χ1) is 5.06. The highest BCUT2D eigenvalue weighted by Crippen LogP contribution is 2.56. The molecule has 0 aliphatic carbocycles. The summed E-state index contributed by atoms with van der Waals surface area (Å²) in [4.78, 5) is 18.1. The SMILES string of the molecule is CC(C)(O[SiH3])C(C)(C)P(=O)(O)O. The molecule has 0 radical (unpaired) electrons. The first kappa shape index (κ1) is 12.3. The summed E-state index contributed by atoms with van der Waals surface area (Å²) in [6, 6.07) is 0. The molecular weight excluding hydrogens is 195 g/mol. The fraction of sp³-hybridized carbons (Fsp3) is 1.00. The van der Waals surface area contributed by atoms with E-state index in [2.05, 4.69) is 0 Å². The third-order valence-corrected chi connectivity index (χ3v) is 5.73. The van der Waals surface area contributed by atoms with E-state index in [1.807, 2.05) is 0 Å². The molecule has 0 aliphatic heterocycles. The van der Waals surface area contributed by atoms with Crippen LogP contribution in [0.15, 0.2) is 0 Å². The van der Waals surface area contributed by atoms with E-state index in [0.717, 1.165) is 0 Å². The molecule has 0 unspecified atom stereocenters. The zero-order valence-electron chi connectivity index (χ0n) is 8.16. The van der Waals surface area contributed by atoms with Crippen molar-refractivity contribution in [2.24, 2.45) is 0 Å². The van der Waals surface area contributed by atoms with Gasteiger partial charge in [-0.25, -0.2) is 0 Å². The van der Waals surface area contributed by atoms with Crippen LogP contribution in [0.4, 0.5) is 0 Å². The third kappa shape index (κ3) is 1.98. The Morgan fingerprint density at radius 3 is 1.67 bits per heavy atom. The largest absolute Gasteiger partial charge is 0.422 e. The van der Waals surface area contributed by atoms with Gasteiger partial charge in [-0.3, -0.25) is 4.57 Å². The van der Waals surface area contributed by atoms with Crippen LogP contribution in [-0.2, 0) is 8.99 Å². The molecule has 0 atom stereocenters. The summed E-state index contributed by atoms with van der Waals surface area (Å²) < 4.78 is 16.3. The highest BCUT2D eigenvalue weighted by atomic mass is 31.2. The van der Waals surface area contributed by atoms with Gasteiger partial charge in [0.25, 0.3) is 0 Å². The molecule has 74 valence electrons. The number of rotatable bonds is 3. The molecule has 6 heteroatoms. The van der Waals surface area contributed by atoms with Crippen LogP contribution in [-0.4, -0.2) is 31.0 Å². The maximum atomic E-state index is 11.1. The lowest BCUT2D eigenvalue weighted by Gasteiger charge is -2.40. The van der Waals surface area contributed by atoms with Crippen molar-refractivity contribution in [3.8, 4) is 0 Å². The van der Waals surface area contributed by atoms with Crippen LogP contribution in [0.25, 0.3) is 0 Å². The summed E-state index contributed by atoms with van der Waals surface area (Å²) >= 11 is 0. The average molecular weight is 212 g/mol. The predicted molar refractivity (Wildman–Crippen MR) is 51.2 cm³/mol. The third-order valence-electron chi connectivity index (χ3n) is 2.71. The van der Waals surface area contributed by atoms with E-state index < -0.39 is 18.4 Å². The van der Waals surface area contributed by atoms with Crippen molar-refractivity contribution in [1.82, 2.24) is 0 Å². The number of hydrogen-bond acceptors (Lipinski definition) is 2. The van der Waals surface area contributed by atoms with Gasteiger partial charge < -0.3 is 14.2 Å². The van der Waals surface area contributed by atoms with Gasteiger partial charge in [0.2, 0.25) is 0 Å². The maximum absolute atomic E-state index is 11.1. The lowest BCUT2D eigenvalue weighted by atomic mass is 9.94. The molecule has 0 bridgehead atoms. The zero-order valence-corrected chi connectivity index (χ0v) is 11.1. The summed E-state index contributed by atoms with van der Waals surface area (Å²) in [5.41, 5.74) is -0.780. The molecule has 0 aliphatic rings. The summed E-state index contributed by atoms with van der Waals surface area (Å²) in [7, 11) is -3.64. The van der Waals surface area contributed by atoms with Crippen LogP contribution in [0.1, 0.15) is 27.7 Å². The van der Waals surface area contributed by atoms with Crippen molar-refractivity contribution >= 4 is 18.1 Å². The molecule has 0 aromatic heterocycles. The van der Waals surface area contributed by atoms with E-state index >= 15 is 0 Å². The summed E-state index contributed by atoms with van der Waals surface area (Å²) in [5, 5.41) is -1.14. The van der Waals surface area contributed by atoms with Gasteiger partial charge in [0.1, 0.15) is 10.5 Å². The van der Waals surface area contributed by atoms with Gasteiger partial charge in [-0.15, -0.1) is 0 Å². The first-order valence-corrected chi connectivity index (χ1v) is 6.10. The Morgan fingerprint density at radius 1 is 1.25 bits per heavy atom. The van der Waals surface area contributed by atoms with E-state index in [-0.39, 0.29) is 0 Å². The molecule has 4 nitrogen and oxygen atoms in total. The van der Waals surface area contributed by atoms with E-state index in [1.165, 1.54) is 13.8 Å². The lowest BCUT2D eigenvalue weighted by molar-refractivity contribution is 0.0714. The molecule has 0 heterocycles. The highest BCUT2D eigenvalue weighted by molar-refractivity contribution is 7.53. The topological polar surface area (TPSA) is 66.8 Å². The average Bonchev–Trinajstić information content (AvgIpc) is 1.85.